The van der Waals surface area contributed by atoms with E-state index in [1.807, 2.05) is 12.1 Å². The number of ketones is 1. The highest BCUT2D eigenvalue weighted by Gasteiger charge is 2.25. The van der Waals surface area contributed by atoms with Gasteiger partial charge in [0.25, 0.3) is 5.91 Å². The lowest BCUT2D eigenvalue weighted by molar-refractivity contribution is -0.126. The number of benzene rings is 2. The topological polar surface area (TPSA) is 128 Å². The molecule has 38 heavy (non-hydrogen) atoms. The Balaban J connectivity index is 0.000000904. The summed E-state index contributed by atoms with van der Waals surface area (Å²) in [7, 11) is 0. The molecule has 0 bridgehead atoms. The third-order valence-corrected chi connectivity index (χ3v) is 5.90. The first kappa shape index (κ1) is 30.7. The minimum Gasteiger partial charge on any atom is -0.391 e. The Morgan fingerprint density at radius 2 is 1.53 bits per heavy atom. The molecule has 1 heterocycles. The summed E-state index contributed by atoms with van der Waals surface area (Å²) >= 11 is 0. The zero-order chi connectivity index (χ0) is 27.8. The van der Waals surface area contributed by atoms with Crippen molar-refractivity contribution in [2.45, 2.75) is 64.5 Å². The Kier molecular flexibility index (Phi) is 13.8. The van der Waals surface area contributed by atoms with Crippen molar-refractivity contribution in [2.75, 3.05) is 25.0 Å². The van der Waals surface area contributed by atoms with Crippen molar-refractivity contribution in [3.8, 4) is 11.8 Å². The second kappa shape index (κ2) is 17.1. The van der Waals surface area contributed by atoms with Crippen LogP contribution < -0.4 is 16.0 Å². The van der Waals surface area contributed by atoms with Crippen molar-refractivity contribution in [2.24, 2.45) is 0 Å². The van der Waals surface area contributed by atoms with Crippen LogP contribution in [0.5, 0.6) is 0 Å². The Bertz CT molecular complexity index is 1070. The number of rotatable bonds is 10. The van der Waals surface area contributed by atoms with E-state index in [1.165, 1.54) is 32.9 Å². The molecule has 204 valence electrons. The number of carbonyl (C=O) groups excluding carboxylic acids is 3. The van der Waals surface area contributed by atoms with Gasteiger partial charge in [-0.15, -0.1) is 0 Å². The fourth-order valence-electron chi connectivity index (χ4n) is 3.66. The largest absolute Gasteiger partial charge is 0.391 e. The van der Waals surface area contributed by atoms with Gasteiger partial charge >= 0.3 is 0 Å². The lowest BCUT2D eigenvalue weighted by Crippen LogP contribution is -2.48. The van der Waals surface area contributed by atoms with E-state index in [4.69, 9.17) is 5.11 Å². The molecule has 2 aromatic rings. The minimum absolute atomic E-state index is 0.00639. The molecule has 0 unspecified atom stereocenters. The minimum atomic E-state index is -1.17. The van der Waals surface area contributed by atoms with E-state index in [0.717, 1.165) is 30.5 Å². The van der Waals surface area contributed by atoms with Gasteiger partial charge < -0.3 is 26.2 Å². The summed E-state index contributed by atoms with van der Waals surface area (Å²) in [5.41, 5.74) is 2.50. The van der Waals surface area contributed by atoms with Crippen molar-refractivity contribution in [3.05, 3.63) is 65.2 Å². The summed E-state index contributed by atoms with van der Waals surface area (Å²) < 4.78 is 0. The molecule has 1 aliphatic rings. The van der Waals surface area contributed by atoms with Gasteiger partial charge in [-0.1, -0.05) is 31.6 Å². The zero-order valence-corrected chi connectivity index (χ0v) is 22.3. The highest BCUT2D eigenvalue weighted by Crippen LogP contribution is 2.11. The average molecular weight is 522 g/mol. The fourth-order valence-corrected chi connectivity index (χ4v) is 3.66. The van der Waals surface area contributed by atoms with Gasteiger partial charge in [-0.05, 0) is 87.8 Å². The summed E-state index contributed by atoms with van der Waals surface area (Å²) in [5.74, 6) is 4.85. The van der Waals surface area contributed by atoms with Gasteiger partial charge in [-0.3, -0.25) is 14.4 Å². The van der Waals surface area contributed by atoms with Crippen LogP contribution in [0.15, 0.2) is 48.5 Å². The Hall–Kier alpha value is -3.51. The summed E-state index contributed by atoms with van der Waals surface area (Å²) in [5, 5.41) is 27.1. The van der Waals surface area contributed by atoms with Gasteiger partial charge in [0.2, 0.25) is 5.91 Å². The monoisotopic (exact) mass is 521 g/mol. The lowest BCUT2D eigenvalue weighted by atomic mass is 10.1. The van der Waals surface area contributed by atoms with Crippen LogP contribution in [0.2, 0.25) is 0 Å². The van der Waals surface area contributed by atoms with Gasteiger partial charge in [0.05, 0.1) is 6.10 Å². The third kappa shape index (κ3) is 11.3. The number of carbonyl (C=O) groups is 3. The van der Waals surface area contributed by atoms with Crippen LogP contribution >= 0.6 is 0 Å². The Labute approximate surface area is 225 Å². The van der Waals surface area contributed by atoms with Crippen LogP contribution in [-0.4, -0.2) is 59.7 Å². The number of hydrogen-bond acceptors (Lipinski definition) is 6. The smallest absolute Gasteiger partial charge is 0.251 e. The van der Waals surface area contributed by atoms with Crippen LogP contribution in [0.1, 0.15) is 73.9 Å². The van der Waals surface area contributed by atoms with E-state index in [2.05, 4.69) is 34.7 Å². The first-order valence-corrected chi connectivity index (χ1v) is 13.2. The second-order valence-electron chi connectivity index (χ2n) is 9.18. The van der Waals surface area contributed by atoms with E-state index in [-0.39, 0.29) is 5.91 Å². The number of unbranched alkanes of at least 4 members (excludes halogenated alkanes) is 2. The number of anilines is 1. The molecule has 0 spiro atoms. The molecule has 2 atom stereocenters. The maximum absolute atomic E-state index is 12.3. The van der Waals surface area contributed by atoms with Gasteiger partial charge in [0.15, 0.2) is 5.78 Å². The molecule has 8 heteroatoms. The van der Waals surface area contributed by atoms with Gasteiger partial charge in [0, 0.05) is 28.8 Å². The van der Waals surface area contributed by atoms with Crippen LogP contribution in [0.25, 0.3) is 0 Å². The van der Waals surface area contributed by atoms with E-state index in [1.54, 1.807) is 36.4 Å². The van der Waals surface area contributed by atoms with E-state index in [9.17, 15) is 19.5 Å². The molecule has 1 aliphatic heterocycles. The number of Topliss-reactive ketones (excluding diaryl/α,β-unsaturated/α-hetero) is 1. The number of amides is 2. The highest BCUT2D eigenvalue weighted by atomic mass is 16.3. The molecule has 1 fully saturated rings. The van der Waals surface area contributed by atoms with Crippen LogP contribution in [0.3, 0.4) is 0 Å². The van der Waals surface area contributed by atoms with Crippen LogP contribution in [-0.2, 0) is 9.59 Å². The van der Waals surface area contributed by atoms with Gasteiger partial charge in [-0.25, -0.2) is 0 Å². The first-order valence-electron chi connectivity index (χ1n) is 13.2. The SMILES string of the molecule is C1CCNC1.CCCCCC(=O)Nc1ccc(C#Cc2ccc(C(=O)N[C@H](C(=O)CO)[C@@H](C)O)cc2)cc1. The van der Waals surface area contributed by atoms with E-state index >= 15 is 0 Å². The molecular weight excluding hydrogens is 482 g/mol. The maximum Gasteiger partial charge on any atom is 0.251 e. The van der Waals surface area contributed by atoms with Crippen molar-refractivity contribution < 1.29 is 24.6 Å². The molecule has 0 aliphatic carbocycles. The van der Waals surface area contributed by atoms with Crippen LogP contribution in [0.4, 0.5) is 5.69 Å². The second-order valence-corrected chi connectivity index (χ2v) is 9.18. The predicted molar refractivity (Wildman–Crippen MR) is 149 cm³/mol. The summed E-state index contributed by atoms with van der Waals surface area (Å²) in [6, 6.07) is 12.6. The number of aliphatic hydroxyl groups is 2. The lowest BCUT2D eigenvalue weighted by Gasteiger charge is -2.19. The normalized spacial score (nSPS) is 13.7. The van der Waals surface area contributed by atoms with Crippen molar-refractivity contribution >= 4 is 23.3 Å². The zero-order valence-electron chi connectivity index (χ0n) is 22.3. The highest BCUT2D eigenvalue weighted by molar-refractivity contribution is 5.98. The molecular formula is C30H39N3O5. The molecule has 5 N–H and O–H groups in total. The van der Waals surface area contributed by atoms with E-state index in [0.29, 0.717) is 17.5 Å². The Morgan fingerprint density at radius 3 is 2.00 bits per heavy atom. The molecule has 3 rings (SSSR count). The summed E-state index contributed by atoms with van der Waals surface area (Å²) in [6.07, 6.45) is 5.17. The third-order valence-electron chi connectivity index (χ3n) is 5.90. The molecule has 2 aromatic carbocycles. The molecule has 8 nitrogen and oxygen atoms in total. The van der Waals surface area contributed by atoms with Crippen molar-refractivity contribution in [1.82, 2.24) is 10.6 Å². The van der Waals surface area contributed by atoms with Crippen molar-refractivity contribution in [1.29, 1.82) is 0 Å². The van der Waals surface area contributed by atoms with Gasteiger partial charge in [-0.2, -0.15) is 0 Å². The van der Waals surface area contributed by atoms with Gasteiger partial charge in [0.1, 0.15) is 12.6 Å². The summed E-state index contributed by atoms with van der Waals surface area (Å²) in [4.78, 5) is 35.9. The average Bonchev–Trinajstić information content (AvgIpc) is 3.51. The Morgan fingerprint density at radius 1 is 0.947 bits per heavy atom. The molecule has 2 amide bonds. The predicted octanol–water partition coefficient (Wildman–Crippen LogP) is 3.02. The maximum atomic E-state index is 12.3. The molecule has 0 aromatic heterocycles. The quantitative estimate of drug-likeness (QED) is 0.242. The standard InChI is InChI=1S/C26H30N2O5.C4H9N/c1-3-4-5-6-24(32)27-22-15-11-20(12-16-22)8-7-19-9-13-21(14-10-19)26(33)28-25(18(2)30)23(31)17-29;1-2-4-5-3-1/h9-16,18,25,29-30H,3-6,17H2,1-2H3,(H,27,32)(H,28,33);5H,1-4H2/t18-,25+;/m1./s1. The first-order chi connectivity index (χ1) is 18.3. The molecule has 1 saturated heterocycles. The molecule has 0 saturated carbocycles. The summed E-state index contributed by atoms with van der Waals surface area (Å²) in [6.45, 7) is 5.20. The number of aliphatic hydroxyl groups excluding tert-OH is 2. The molecule has 0 radical (unpaired) electrons. The van der Waals surface area contributed by atoms with Crippen molar-refractivity contribution in [3.63, 3.8) is 0 Å². The fraction of sp³-hybridized carbons (Fsp3) is 0.433. The number of hydrogen-bond donors (Lipinski definition) is 5. The van der Waals surface area contributed by atoms with Crippen LogP contribution in [0, 0.1) is 11.8 Å². The number of nitrogens with one attached hydrogen (secondary N) is 3. The van der Waals surface area contributed by atoms with E-state index < -0.39 is 30.4 Å².